The topological polar surface area (TPSA) is 143 Å². The van der Waals surface area contributed by atoms with Crippen LogP contribution in [0.15, 0.2) is 36.0 Å². The molecule has 0 aromatic rings. The van der Waals surface area contributed by atoms with E-state index in [1.807, 2.05) is 0 Å². The van der Waals surface area contributed by atoms with Crippen LogP contribution in [-0.2, 0) is 19.1 Å². The Kier molecular flexibility index (Phi) is 6.81. The highest BCUT2D eigenvalue weighted by molar-refractivity contribution is 6.22. The zero-order valence-electron chi connectivity index (χ0n) is 14.4. The van der Waals surface area contributed by atoms with Crippen LogP contribution in [0, 0.1) is 0 Å². The van der Waals surface area contributed by atoms with Gasteiger partial charge in [-0.25, -0.2) is 0 Å². The summed E-state index contributed by atoms with van der Waals surface area (Å²) in [4.78, 5) is 26.3. The quantitative estimate of drug-likeness (QED) is 0.385. The van der Waals surface area contributed by atoms with Gasteiger partial charge in [0.1, 0.15) is 24.4 Å². The van der Waals surface area contributed by atoms with Crippen LogP contribution >= 0.6 is 0 Å². The molecule has 5 N–H and O–H groups in total. The number of aliphatic hydroxyl groups excluding tert-OH is 3. The van der Waals surface area contributed by atoms with Gasteiger partial charge in [-0.15, -0.1) is 0 Å². The van der Waals surface area contributed by atoms with Gasteiger partial charge in [0.2, 0.25) is 0 Å². The third-order valence-electron chi connectivity index (χ3n) is 4.27. The molecule has 2 aliphatic heterocycles. The summed E-state index contributed by atoms with van der Waals surface area (Å²) < 4.78 is 10.9. The highest BCUT2D eigenvalue weighted by Crippen LogP contribution is 2.32. The molecule has 0 aromatic carbocycles. The summed E-state index contributed by atoms with van der Waals surface area (Å²) in [6.07, 6.45) is -1.14. The van der Waals surface area contributed by atoms with E-state index in [9.17, 15) is 24.9 Å². The van der Waals surface area contributed by atoms with E-state index in [2.05, 4.69) is 6.58 Å². The number of allylic oxidation sites excluding steroid dienone is 1. The number of ether oxygens (including phenoxy) is 2. The van der Waals surface area contributed by atoms with Crippen molar-refractivity contribution < 1.29 is 34.4 Å². The maximum Gasteiger partial charge on any atom is 0.262 e. The van der Waals surface area contributed by atoms with Crippen LogP contribution in [0.5, 0.6) is 0 Å². The van der Waals surface area contributed by atoms with E-state index in [-0.39, 0.29) is 24.3 Å². The number of aliphatic hydroxyl groups is 3. The monoisotopic (exact) mass is 368 g/mol. The molecule has 5 atom stereocenters. The summed E-state index contributed by atoms with van der Waals surface area (Å²) in [5, 5.41) is 30.0. The normalized spacial score (nSPS) is 32.8. The lowest BCUT2D eigenvalue weighted by atomic mass is 9.95. The molecule has 0 spiro atoms. The second-order valence-electron chi connectivity index (χ2n) is 5.87. The molecule has 9 nitrogen and oxygen atoms in total. The molecular weight excluding hydrogens is 344 g/mol. The number of hydrogen-bond acceptors (Lipinski definition) is 8. The van der Waals surface area contributed by atoms with Crippen molar-refractivity contribution in [2.75, 3.05) is 19.8 Å². The van der Waals surface area contributed by atoms with Gasteiger partial charge in [-0.3, -0.25) is 14.5 Å². The second kappa shape index (κ2) is 8.67. The summed E-state index contributed by atoms with van der Waals surface area (Å²) >= 11 is 0. The summed E-state index contributed by atoms with van der Waals surface area (Å²) in [6.45, 7) is 4.83. The fourth-order valence-electron chi connectivity index (χ4n) is 3.04. The van der Waals surface area contributed by atoms with Crippen molar-refractivity contribution in [3.05, 3.63) is 36.0 Å². The molecule has 0 aliphatic carbocycles. The Bertz CT molecular complexity index is 631. The molecule has 26 heavy (non-hydrogen) atoms. The fraction of sp³-hybridized carbons (Fsp3) is 0.529. The molecular formula is C17H24N2O7. The maximum absolute atomic E-state index is 12.8. The molecule has 2 rings (SSSR count). The van der Waals surface area contributed by atoms with Gasteiger partial charge in [0, 0.05) is 6.54 Å². The van der Waals surface area contributed by atoms with Crippen molar-refractivity contribution in [3.8, 4) is 0 Å². The van der Waals surface area contributed by atoms with Crippen LogP contribution in [0.2, 0.25) is 0 Å². The SMILES string of the molecule is C=CC1=C(/C=C\C)C(=O)N(C2C(OCCN)OC(CO)C(O)C2O)C1=O. The first-order valence-corrected chi connectivity index (χ1v) is 8.24. The molecule has 0 bridgehead atoms. The number of carbonyl (C=O) groups is 2. The Morgan fingerprint density at radius 3 is 2.46 bits per heavy atom. The first-order chi connectivity index (χ1) is 12.4. The van der Waals surface area contributed by atoms with Gasteiger partial charge in [0.15, 0.2) is 6.29 Å². The van der Waals surface area contributed by atoms with E-state index in [1.165, 1.54) is 12.2 Å². The standard InChI is InChI=1S/C17H24N2O7/c1-3-5-10-9(4-2)15(23)19(16(10)24)12-14(22)13(21)11(8-20)26-17(12)25-7-6-18/h3-5,11-14,17,20-22H,2,6-8,18H2,1H3/b5-3-. The lowest BCUT2D eigenvalue weighted by Crippen LogP contribution is -2.66. The van der Waals surface area contributed by atoms with Crippen LogP contribution in [0.1, 0.15) is 6.92 Å². The molecule has 9 heteroatoms. The highest BCUT2D eigenvalue weighted by atomic mass is 16.7. The molecule has 144 valence electrons. The number of rotatable bonds is 7. The van der Waals surface area contributed by atoms with Gasteiger partial charge < -0.3 is 30.5 Å². The molecule has 1 saturated heterocycles. The molecule has 0 saturated carbocycles. The van der Waals surface area contributed by atoms with Gasteiger partial charge in [-0.2, -0.15) is 0 Å². The van der Waals surface area contributed by atoms with E-state index >= 15 is 0 Å². The van der Waals surface area contributed by atoms with Gasteiger partial charge in [0.25, 0.3) is 11.8 Å². The largest absolute Gasteiger partial charge is 0.394 e. The number of carbonyl (C=O) groups excluding carboxylic acids is 2. The smallest absolute Gasteiger partial charge is 0.262 e. The zero-order valence-corrected chi connectivity index (χ0v) is 14.4. The minimum Gasteiger partial charge on any atom is -0.394 e. The molecule has 1 fully saturated rings. The zero-order chi connectivity index (χ0) is 19.4. The highest BCUT2D eigenvalue weighted by Gasteiger charge is 2.53. The van der Waals surface area contributed by atoms with E-state index in [0.717, 1.165) is 4.90 Å². The Balaban J connectivity index is 2.41. The summed E-state index contributed by atoms with van der Waals surface area (Å²) in [5.74, 6) is -1.34. The second-order valence-corrected chi connectivity index (χ2v) is 5.87. The van der Waals surface area contributed by atoms with Crippen LogP contribution in [0.3, 0.4) is 0 Å². The van der Waals surface area contributed by atoms with Crippen molar-refractivity contribution in [2.45, 2.75) is 37.6 Å². The Hall–Kier alpha value is -1.88. The van der Waals surface area contributed by atoms with Crippen LogP contribution < -0.4 is 5.73 Å². The maximum atomic E-state index is 12.8. The predicted octanol–water partition coefficient (Wildman–Crippen LogP) is -1.80. The van der Waals surface area contributed by atoms with Crippen molar-refractivity contribution in [2.24, 2.45) is 5.73 Å². The van der Waals surface area contributed by atoms with E-state index in [4.69, 9.17) is 15.2 Å². The lowest BCUT2D eigenvalue weighted by Gasteiger charge is -2.44. The molecule has 2 amide bonds. The van der Waals surface area contributed by atoms with Gasteiger partial charge >= 0.3 is 0 Å². The number of amides is 2. The molecule has 2 heterocycles. The average Bonchev–Trinajstić information content (AvgIpc) is 2.86. The number of nitrogens with zero attached hydrogens (tertiary/aromatic N) is 1. The Labute approximate surface area is 151 Å². The number of nitrogens with two attached hydrogens (primary N) is 1. The van der Waals surface area contributed by atoms with Crippen LogP contribution in [0.25, 0.3) is 0 Å². The van der Waals surface area contributed by atoms with Gasteiger partial charge in [-0.1, -0.05) is 24.8 Å². The average molecular weight is 368 g/mol. The summed E-state index contributed by atoms with van der Waals surface area (Å²) in [5.41, 5.74) is 5.62. The molecule has 5 unspecified atom stereocenters. The molecule has 0 aromatic heterocycles. The first kappa shape index (κ1) is 20.4. The molecule has 0 radical (unpaired) electrons. The Morgan fingerprint density at radius 1 is 1.27 bits per heavy atom. The van der Waals surface area contributed by atoms with Crippen LogP contribution in [-0.4, -0.2) is 82.4 Å². The fourth-order valence-corrected chi connectivity index (χ4v) is 3.04. The summed E-state index contributed by atoms with van der Waals surface area (Å²) in [7, 11) is 0. The third-order valence-corrected chi connectivity index (χ3v) is 4.27. The molecule has 2 aliphatic rings. The van der Waals surface area contributed by atoms with Crippen molar-refractivity contribution in [3.63, 3.8) is 0 Å². The van der Waals surface area contributed by atoms with Crippen molar-refractivity contribution >= 4 is 11.8 Å². The van der Waals surface area contributed by atoms with Crippen molar-refractivity contribution in [1.82, 2.24) is 4.90 Å². The minimum atomic E-state index is -1.58. The lowest BCUT2D eigenvalue weighted by molar-refractivity contribution is -0.281. The van der Waals surface area contributed by atoms with Gasteiger partial charge in [0.05, 0.1) is 24.4 Å². The van der Waals surface area contributed by atoms with Crippen molar-refractivity contribution in [1.29, 1.82) is 0 Å². The predicted molar refractivity (Wildman–Crippen MR) is 90.4 cm³/mol. The number of imide groups is 1. The van der Waals surface area contributed by atoms with Gasteiger partial charge in [-0.05, 0) is 6.92 Å². The Morgan fingerprint density at radius 2 is 1.92 bits per heavy atom. The third kappa shape index (κ3) is 3.50. The summed E-state index contributed by atoms with van der Waals surface area (Å²) in [6, 6.07) is -1.31. The minimum absolute atomic E-state index is 0.0296. The van der Waals surface area contributed by atoms with E-state index in [0.29, 0.717) is 0 Å². The van der Waals surface area contributed by atoms with E-state index < -0.39 is 49.1 Å². The first-order valence-electron chi connectivity index (χ1n) is 8.24. The van der Waals surface area contributed by atoms with E-state index in [1.54, 1.807) is 13.0 Å². The van der Waals surface area contributed by atoms with Crippen LogP contribution in [0.4, 0.5) is 0 Å². The number of hydrogen-bond donors (Lipinski definition) is 4.